The lowest BCUT2D eigenvalue weighted by Gasteiger charge is -2.23. The minimum absolute atomic E-state index is 0.748. The summed E-state index contributed by atoms with van der Waals surface area (Å²) in [5.74, 6) is 0.798. The van der Waals surface area contributed by atoms with Crippen LogP contribution >= 0.6 is 0 Å². The smallest absolute Gasteiger partial charge is 0.140 e. The summed E-state index contributed by atoms with van der Waals surface area (Å²) in [6.07, 6.45) is 4.08. The topological polar surface area (TPSA) is 48.4 Å². The molecule has 2 rings (SSSR count). The highest BCUT2D eigenvalue weighted by molar-refractivity contribution is 5.35. The van der Waals surface area contributed by atoms with Crippen LogP contribution in [0.15, 0.2) is 18.2 Å². The largest absolute Gasteiger partial charge is 0.384 e. The number of rotatable bonds is 0. The number of fused-ring (bicyclic) bond motifs is 2. The minimum atomic E-state index is -0.819. The van der Waals surface area contributed by atoms with Crippen LogP contribution < -0.4 is 5.43 Å². The first kappa shape index (κ1) is 12.3. The molecule has 0 radical (unpaired) electrons. The first-order chi connectivity index (χ1) is 8.08. The van der Waals surface area contributed by atoms with Crippen molar-refractivity contribution in [2.75, 3.05) is 19.0 Å². The number of nitrogens with one attached hydrogen (secondary N) is 1. The molecular formula is C13H21N3O. The molecule has 1 atom stereocenters. The van der Waals surface area contributed by atoms with Gasteiger partial charge in [-0.05, 0) is 31.9 Å². The Morgan fingerprint density at radius 1 is 1.35 bits per heavy atom. The molecule has 1 unspecified atom stereocenters. The second-order valence-electron chi connectivity index (χ2n) is 5.03. The Morgan fingerprint density at radius 3 is 3.00 bits per heavy atom. The van der Waals surface area contributed by atoms with Gasteiger partial charge in [0.15, 0.2) is 0 Å². The summed E-state index contributed by atoms with van der Waals surface area (Å²) in [6, 6.07) is 5.75. The number of hydrazine groups is 1. The maximum Gasteiger partial charge on any atom is 0.140 e. The molecule has 0 spiro atoms. The van der Waals surface area contributed by atoms with Crippen molar-refractivity contribution in [1.82, 2.24) is 9.99 Å². The lowest BCUT2D eigenvalue weighted by Crippen LogP contribution is -2.27. The molecule has 2 heterocycles. The van der Waals surface area contributed by atoms with Gasteiger partial charge in [0.2, 0.25) is 0 Å². The van der Waals surface area contributed by atoms with Gasteiger partial charge < -0.3 is 10.5 Å². The van der Waals surface area contributed by atoms with Crippen molar-refractivity contribution in [2.45, 2.75) is 38.2 Å². The van der Waals surface area contributed by atoms with Crippen LogP contribution in [0.25, 0.3) is 0 Å². The Bertz CT molecular complexity index is 379. The Morgan fingerprint density at radius 2 is 2.18 bits per heavy atom. The predicted molar refractivity (Wildman–Crippen MR) is 68.5 cm³/mol. The molecule has 1 aliphatic heterocycles. The van der Waals surface area contributed by atoms with E-state index in [-0.39, 0.29) is 0 Å². The molecule has 2 bridgehead atoms. The lowest BCUT2D eigenvalue weighted by molar-refractivity contribution is 0.0406. The van der Waals surface area contributed by atoms with Crippen LogP contribution in [0.5, 0.6) is 0 Å². The number of hydrogen-bond donors (Lipinski definition) is 2. The maximum absolute atomic E-state index is 10.4. The van der Waals surface area contributed by atoms with Gasteiger partial charge in [0.05, 0.1) is 5.69 Å². The van der Waals surface area contributed by atoms with E-state index in [1.165, 1.54) is 0 Å². The summed E-state index contributed by atoms with van der Waals surface area (Å²) in [4.78, 5) is 4.48. The van der Waals surface area contributed by atoms with Crippen LogP contribution in [0.1, 0.15) is 38.3 Å². The lowest BCUT2D eigenvalue weighted by atomic mass is 9.94. The summed E-state index contributed by atoms with van der Waals surface area (Å²) >= 11 is 0. The van der Waals surface area contributed by atoms with E-state index in [2.05, 4.69) is 10.4 Å². The van der Waals surface area contributed by atoms with Gasteiger partial charge in [-0.15, -0.1) is 0 Å². The zero-order valence-electron chi connectivity index (χ0n) is 10.6. The van der Waals surface area contributed by atoms with E-state index in [0.29, 0.717) is 0 Å². The average Bonchev–Trinajstić information content (AvgIpc) is 2.29. The molecule has 0 saturated heterocycles. The van der Waals surface area contributed by atoms with E-state index in [1.807, 2.05) is 37.2 Å². The molecule has 94 valence electrons. The van der Waals surface area contributed by atoms with Crippen LogP contribution in [0.3, 0.4) is 0 Å². The molecular weight excluding hydrogens is 214 g/mol. The highest BCUT2D eigenvalue weighted by Gasteiger charge is 2.24. The molecule has 4 nitrogen and oxygen atoms in total. The molecule has 4 heteroatoms. The van der Waals surface area contributed by atoms with Crippen molar-refractivity contribution in [3.8, 4) is 0 Å². The van der Waals surface area contributed by atoms with Gasteiger partial charge in [-0.2, -0.15) is 0 Å². The SMILES string of the molecule is CN1CCCCCC(C)(O)c2cccc(n2)N1. The summed E-state index contributed by atoms with van der Waals surface area (Å²) in [7, 11) is 2.02. The van der Waals surface area contributed by atoms with Crippen molar-refractivity contribution < 1.29 is 5.11 Å². The third-order valence-electron chi connectivity index (χ3n) is 3.26. The number of aliphatic hydroxyl groups is 1. The third kappa shape index (κ3) is 3.17. The quantitative estimate of drug-likeness (QED) is 0.723. The van der Waals surface area contributed by atoms with Crippen LogP contribution in [-0.4, -0.2) is 28.7 Å². The maximum atomic E-state index is 10.4. The fourth-order valence-corrected chi connectivity index (χ4v) is 2.17. The Labute approximate surface area is 103 Å². The summed E-state index contributed by atoms with van der Waals surface area (Å²) in [5, 5.41) is 12.5. The molecule has 17 heavy (non-hydrogen) atoms. The van der Waals surface area contributed by atoms with Crippen LogP contribution in [-0.2, 0) is 5.60 Å². The summed E-state index contributed by atoms with van der Waals surface area (Å²) < 4.78 is 0. The average molecular weight is 235 g/mol. The molecule has 1 aliphatic rings. The Hall–Kier alpha value is -1.13. The standard InChI is InChI=1S/C13H21N3O/c1-13(17)9-4-3-5-10-16(2)15-12-8-6-7-11(13)14-12/h6-8,17H,3-5,9-10H2,1-2H3,(H,14,15). The molecule has 1 aromatic heterocycles. The fraction of sp³-hybridized carbons (Fsp3) is 0.615. The van der Waals surface area contributed by atoms with Gasteiger partial charge in [0, 0.05) is 13.6 Å². The molecule has 2 N–H and O–H groups in total. The number of pyridine rings is 1. The first-order valence-corrected chi connectivity index (χ1v) is 6.26. The third-order valence-corrected chi connectivity index (χ3v) is 3.26. The van der Waals surface area contributed by atoms with Crippen molar-refractivity contribution >= 4 is 5.82 Å². The van der Waals surface area contributed by atoms with E-state index in [1.54, 1.807) is 0 Å². The summed E-state index contributed by atoms with van der Waals surface area (Å²) in [6.45, 7) is 2.84. The van der Waals surface area contributed by atoms with Crippen molar-refractivity contribution in [2.24, 2.45) is 0 Å². The van der Waals surface area contributed by atoms with Crippen LogP contribution in [0.4, 0.5) is 5.82 Å². The number of aromatic nitrogens is 1. The van der Waals surface area contributed by atoms with E-state index in [0.717, 1.165) is 43.7 Å². The predicted octanol–water partition coefficient (Wildman–Crippen LogP) is 2.12. The molecule has 0 fully saturated rings. The molecule has 0 saturated carbocycles. The van der Waals surface area contributed by atoms with E-state index < -0.39 is 5.60 Å². The zero-order chi connectivity index (χ0) is 12.3. The van der Waals surface area contributed by atoms with Crippen LogP contribution in [0, 0.1) is 0 Å². The minimum Gasteiger partial charge on any atom is -0.384 e. The number of nitrogens with zero attached hydrogens (tertiary/aromatic N) is 2. The van der Waals surface area contributed by atoms with Gasteiger partial charge >= 0.3 is 0 Å². The summed E-state index contributed by atoms with van der Waals surface area (Å²) in [5.41, 5.74) is 3.16. The van der Waals surface area contributed by atoms with Gasteiger partial charge in [0.1, 0.15) is 11.4 Å². The molecule has 0 aromatic carbocycles. The zero-order valence-corrected chi connectivity index (χ0v) is 10.6. The molecule has 1 aromatic rings. The first-order valence-electron chi connectivity index (χ1n) is 6.26. The van der Waals surface area contributed by atoms with Crippen molar-refractivity contribution in [1.29, 1.82) is 0 Å². The molecule has 0 aliphatic carbocycles. The number of anilines is 1. The Balaban J connectivity index is 2.27. The van der Waals surface area contributed by atoms with Crippen molar-refractivity contribution in [3.63, 3.8) is 0 Å². The Kier molecular flexibility index (Phi) is 3.64. The monoisotopic (exact) mass is 235 g/mol. The highest BCUT2D eigenvalue weighted by atomic mass is 16.3. The second kappa shape index (κ2) is 5.02. The van der Waals surface area contributed by atoms with Crippen LogP contribution in [0.2, 0.25) is 0 Å². The highest BCUT2D eigenvalue weighted by Crippen LogP contribution is 2.26. The van der Waals surface area contributed by atoms with Gasteiger partial charge in [-0.3, -0.25) is 0 Å². The molecule has 0 amide bonds. The fourth-order valence-electron chi connectivity index (χ4n) is 2.17. The van der Waals surface area contributed by atoms with Crippen molar-refractivity contribution in [3.05, 3.63) is 23.9 Å². The number of hydrogen-bond acceptors (Lipinski definition) is 4. The van der Waals surface area contributed by atoms with Gasteiger partial charge in [-0.25, -0.2) is 9.99 Å². The van der Waals surface area contributed by atoms with E-state index >= 15 is 0 Å². The normalized spacial score (nSPS) is 27.0. The van der Waals surface area contributed by atoms with Gasteiger partial charge in [-0.1, -0.05) is 18.9 Å². The van der Waals surface area contributed by atoms with E-state index in [9.17, 15) is 5.11 Å². The van der Waals surface area contributed by atoms with Gasteiger partial charge in [0.25, 0.3) is 0 Å². The second-order valence-corrected chi connectivity index (χ2v) is 5.03. The van der Waals surface area contributed by atoms with E-state index in [4.69, 9.17) is 0 Å².